The lowest BCUT2D eigenvalue weighted by atomic mass is 9.78. The Morgan fingerprint density at radius 2 is 1.95 bits per heavy atom. The highest BCUT2D eigenvalue weighted by molar-refractivity contribution is 5.96. The summed E-state index contributed by atoms with van der Waals surface area (Å²) in [7, 11) is 0. The number of ether oxygens (including phenoxy) is 1. The van der Waals surface area contributed by atoms with Crippen LogP contribution in [0.2, 0.25) is 0 Å². The van der Waals surface area contributed by atoms with Crippen LogP contribution in [0.5, 0.6) is 0 Å². The van der Waals surface area contributed by atoms with Gasteiger partial charge in [0, 0.05) is 42.9 Å². The van der Waals surface area contributed by atoms with E-state index in [0.717, 1.165) is 18.2 Å². The number of hydrogen-bond donors (Lipinski definition) is 3. The third-order valence-electron chi connectivity index (χ3n) is 7.49. The number of halogens is 3. The van der Waals surface area contributed by atoms with Crippen molar-refractivity contribution in [3.05, 3.63) is 70.7 Å². The van der Waals surface area contributed by atoms with Gasteiger partial charge in [-0.05, 0) is 56.9 Å². The van der Waals surface area contributed by atoms with E-state index in [0.29, 0.717) is 55.7 Å². The lowest BCUT2D eigenvalue weighted by Crippen LogP contribution is -2.48. The topological polar surface area (TPSA) is 118 Å². The Hall–Kier alpha value is -3.22. The van der Waals surface area contributed by atoms with Gasteiger partial charge in [0.2, 0.25) is 5.91 Å². The highest BCUT2D eigenvalue weighted by Gasteiger charge is 2.42. The molecule has 1 aliphatic carbocycles. The number of likely N-dealkylation sites (tertiary alicyclic amines) is 1. The van der Waals surface area contributed by atoms with Gasteiger partial charge >= 0.3 is 6.18 Å². The second-order valence-corrected chi connectivity index (χ2v) is 10.1. The van der Waals surface area contributed by atoms with Crippen molar-refractivity contribution < 1.29 is 37.3 Å². The number of benzene rings is 1. The highest BCUT2D eigenvalue weighted by atomic mass is 19.4. The molecule has 2 amide bonds. The number of amides is 2. The van der Waals surface area contributed by atoms with E-state index in [1.54, 1.807) is 12.1 Å². The van der Waals surface area contributed by atoms with E-state index in [4.69, 9.17) is 4.74 Å². The van der Waals surface area contributed by atoms with E-state index in [9.17, 15) is 33.1 Å². The first-order valence-electron chi connectivity index (χ1n) is 13.0. The third-order valence-corrected chi connectivity index (χ3v) is 7.49. The van der Waals surface area contributed by atoms with Gasteiger partial charge in [-0.25, -0.2) is 0 Å². The number of carbonyl (C=O) groups excluding carboxylic acids is 2. The summed E-state index contributed by atoms with van der Waals surface area (Å²) in [4.78, 5) is 27.2. The average molecular weight is 551 g/mol. The van der Waals surface area contributed by atoms with Crippen LogP contribution in [0, 0.1) is 5.21 Å². The first-order valence-corrected chi connectivity index (χ1v) is 13.0. The average Bonchev–Trinajstić information content (AvgIpc) is 3.29. The fourth-order valence-electron chi connectivity index (χ4n) is 5.44. The summed E-state index contributed by atoms with van der Waals surface area (Å²) in [5.74, 6) is -1.25. The van der Waals surface area contributed by atoms with Crippen LogP contribution in [0.1, 0.15) is 54.1 Å². The van der Waals surface area contributed by atoms with Gasteiger partial charge in [-0.1, -0.05) is 6.07 Å². The molecular weight excluding hydrogens is 517 g/mol. The molecule has 1 aromatic carbocycles. The number of aliphatic hydroxyl groups is 1. The Morgan fingerprint density at radius 3 is 2.62 bits per heavy atom. The molecule has 1 saturated carbocycles. The van der Waals surface area contributed by atoms with E-state index in [1.807, 2.05) is 6.92 Å². The fraction of sp³-hybridized carbons (Fsp3) is 0.519. The van der Waals surface area contributed by atoms with Crippen LogP contribution in [-0.2, 0) is 21.3 Å². The molecule has 2 fully saturated rings. The molecule has 1 aromatic heterocycles. The minimum absolute atomic E-state index is 0.166. The largest absolute Gasteiger partial charge is 0.619 e. The first kappa shape index (κ1) is 28.8. The van der Waals surface area contributed by atoms with Crippen LogP contribution in [0.15, 0.2) is 48.8 Å². The van der Waals surface area contributed by atoms with Gasteiger partial charge in [0.05, 0.1) is 29.9 Å². The van der Waals surface area contributed by atoms with Gasteiger partial charge in [0.25, 0.3) is 5.91 Å². The van der Waals surface area contributed by atoms with Gasteiger partial charge in [0.15, 0.2) is 12.4 Å². The van der Waals surface area contributed by atoms with Crippen molar-refractivity contribution in [3.8, 4) is 0 Å². The SMILES string of the molecule is CCO[C@H]1CN(C2CCC(O)(c3ccc[n+]([O-])c3)CC2)C[C@@H]1NC(=O)CNC(=O)c1cccc(C(F)(F)F)c1. The normalized spacial score (nSPS) is 25.8. The Morgan fingerprint density at radius 1 is 1.21 bits per heavy atom. The zero-order valence-corrected chi connectivity index (χ0v) is 21.6. The fourth-order valence-corrected chi connectivity index (χ4v) is 5.44. The maximum atomic E-state index is 12.9. The molecule has 4 rings (SSSR count). The molecule has 9 nitrogen and oxygen atoms in total. The molecule has 2 aliphatic rings. The lowest BCUT2D eigenvalue weighted by molar-refractivity contribution is -0.606. The highest BCUT2D eigenvalue weighted by Crippen LogP contribution is 2.39. The number of rotatable bonds is 8. The Labute approximate surface area is 224 Å². The molecule has 0 bridgehead atoms. The number of hydrogen-bond acceptors (Lipinski definition) is 6. The summed E-state index contributed by atoms with van der Waals surface area (Å²) in [6.45, 7) is 3.03. The van der Waals surface area contributed by atoms with E-state index >= 15 is 0 Å². The molecule has 3 N–H and O–H groups in total. The quantitative estimate of drug-likeness (QED) is 0.342. The van der Waals surface area contributed by atoms with Crippen LogP contribution in [-0.4, -0.2) is 66.2 Å². The molecule has 0 spiro atoms. The molecule has 12 heteroatoms. The van der Waals surface area contributed by atoms with Crippen molar-refractivity contribution in [1.29, 1.82) is 0 Å². The van der Waals surface area contributed by atoms with Gasteiger partial charge in [-0.2, -0.15) is 17.9 Å². The van der Waals surface area contributed by atoms with Crippen LogP contribution in [0.3, 0.4) is 0 Å². The smallest absolute Gasteiger partial charge is 0.416 e. The summed E-state index contributed by atoms with van der Waals surface area (Å²) >= 11 is 0. The van der Waals surface area contributed by atoms with Gasteiger partial charge < -0.3 is 25.7 Å². The van der Waals surface area contributed by atoms with Gasteiger partial charge in [0.1, 0.15) is 0 Å². The van der Waals surface area contributed by atoms with Crippen LogP contribution in [0.4, 0.5) is 13.2 Å². The summed E-state index contributed by atoms with van der Waals surface area (Å²) in [5, 5.41) is 28.1. The van der Waals surface area contributed by atoms with Crippen LogP contribution < -0.4 is 15.4 Å². The molecule has 0 radical (unpaired) electrons. The number of nitrogens with zero attached hydrogens (tertiary/aromatic N) is 2. The van der Waals surface area contributed by atoms with Gasteiger partial charge in [-0.3, -0.25) is 14.5 Å². The van der Waals surface area contributed by atoms with Crippen molar-refractivity contribution in [2.24, 2.45) is 0 Å². The molecule has 1 aliphatic heterocycles. The predicted octanol–water partition coefficient (Wildman–Crippen LogP) is 2.10. The molecule has 212 valence electrons. The number of alkyl halides is 3. The summed E-state index contributed by atoms with van der Waals surface area (Å²) in [6.07, 6.45) is 0.335. The zero-order valence-electron chi connectivity index (χ0n) is 21.6. The predicted molar refractivity (Wildman–Crippen MR) is 134 cm³/mol. The number of aromatic nitrogens is 1. The van der Waals surface area contributed by atoms with Crippen molar-refractivity contribution in [1.82, 2.24) is 15.5 Å². The van der Waals surface area contributed by atoms with Crippen LogP contribution >= 0.6 is 0 Å². The van der Waals surface area contributed by atoms with Crippen LogP contribution in [0.25, 0.3) is 0 Å². The second kappa shape index (κ2) is 11.9. The number of carbonyl (C=O) groups is 2. The molecule has 2 atom stereocenters. The Balaban J connectivity index is 1.30. The van der Waals surface area contributed by atoms with Crippen molar-refractivity contribution in [3.63, 3.8) is 0 Å². The molecular formula is C27H33F3N4O5. The van der Waals surface area contributed by atoms with Crippen molar-refractivity contribution in [2.75, 3.05) is 26.2 Å². The van der Waals surface area contributed by atoms with E-state index in [2.05, 4.69) is 15.5 Å². The summed E-state index contributed by atoms with van der Waals surface area (Å²) < 4.78 is 45.3. The monoisotopic (exact) mass is 550 g/mol. The maximum absolute atomic E-state index is 12.9. The van der Waals surface area contributed by atoms with E-state index in [-0.39, 0.29) is 23.8 Å². The van der Waals surface area contributed by atoms with Gasteiger partial charge in [-0.15, -0.1) is 0 Å². The standard InChI is InChI=1S/C27H33F3N4O5/c1-2-39-23-17-33(21-8-10-26(37,11-9-21)20-7-4-12-34(38)15-20)16-22(23)32-24(35)14-31-25(36)18-5-3-6-19(13-18)27(28,29)30/h3-7,12-13,15,21-23,37H,2,8-11,14,16-17H2,1H3,(H,31,36)(H,32,35)/t21?,22-,23-,26?/m0/s1. The minimum atomic E-state index is -4.58. The van der Waals surface area contributed by atoms with Crippen molar-refractivity contribution in [2.45, 2.75) is 62.6 Å². The van der Waals surface area contributed by atoms with Crippen molar-refractivity contribution >= 4 is 11.8 Å². The molecule has 39 heavy (non-hydrogen) atoms. The number of pyridine rings is 1. The summed E-state index contributed by atoms with van der Waals surface area (Å²) in [6, 6.07) is 7.22. The maximum Gasteiger partial charge on any atom is 0.416 e. The lowest BCUT2D eigenvalue weighted by Gasteiger charge is -2.39. The second-order valence-electron chi connectivity index (χ2n) is 10.1. The molecule has 2 heterocycles. The number of nitrogens with one attached hydrogen (secondary N) is 2. The molecule has 2 aromatic rings. The third kappa shape index (κ3) is 7.06. The zero-order chi connectivity index (χ0) is 28.2. The summed E-state index contributed by atoms with van der Waals surface area (Å²) in [5.41, 5.74) is -1.59. The molecule has 0 unspecified atom stereocenters. The van der Waals surface area contributed by atoms with E-state index < -0.39 is 35.7 Å². The van der Waals surface area contributed by atoms with E-state index in [1.165, 1.54) is 18.5 Å². The Kier molecular flexibility index (Phi) is 8.77. The first-order chi connectivity index (χ1) is 18.5. The Bertz CT molecular complexity index is 1170. The minimum Gasteiger partial charge on any atom is -0.619 e. The molecule has 1 saturated heterocycles.